The van der Waals surface area contributed by atoms with E-state index in [4.69, 9.17) is 16.3 Å². The minimum absolute atomic E-state index is 0.00701. The molecule has 37 heavy (non-hydrogen) atoms. The van der Waals surface area contributed by atoms with Crippen molar-refractivity contribution in [2.24, 2.45) is 0 Å². The molecule has 0 saturated carbocycles. The van der Waals surface area contributed by atoms with E-state index in [0.717, 1.165) is 23.1 Å². The van der Waals surface area contributed by atoms with Gasteiger partial charge >= 0.3 is 0 Å². The van der Waals surface area contributed by atoms with Gasteiger partial charge in [0.1, 0.15) is 11.8 Å². The molecule has 0 heterocycles. The molecule has 3 aromatic rings. The zero-order valence-electron chi connectivity index (χ0n) is 22.1. The number of hydrogen-bond acceptors (Lipinski definition) is 3. The zero-order chi connectivity index (χ0) is 26.8. The number of ether oxygens (including phenoxy) is 1. The average Bonchev–Trinajstić information content (AvgIpc) is 2.90. The van der Waals surface area contributed by atoms with E-state index in [1.807, 2.05) is 80.6 Å². The fourth-order valence-corrected chi connectivity index (χ4v) is 4.22. The van der Waals surface area contributed by atoms with Crippen molar-refractivity contribution in [1.29, 1.82) is 0 Å². The quantitative estimate of drug-likeness (QED) is 0.301. The average molecular weight is 521 g/mol. The summed E-state index contributed by atoms with van der Waals surface area (Å²) in [7, 11) is 0. The minimum Gasteiger partial charge on any atom is -0.483 e. The second-order valence-electron chi connectivity index (χ2n) is 9.65. The monoisotopic (exact) mass is 520 g/mol. The Kier molecular flexibility index (Phi) is 10.6. The normalized spacial score (nSPS) is 12.6. The molecule has 0 fully saturated rings. The molecule has 0 spiro atoms. The second-order valence-corrected chi connectivity index (χ2v) is 10.1. The first kappa shape index (κ1) is 28.3. The van der Waals surface area contributed by atoms with Crippen molar-refractivity contribution in [1.82, 2.24) is 10.2 Å². The largest absolute Gasteiger partial charge is 0.483 e. The van der Waals surface area contributed by atoms with E-state index >= 15 is 0 Å². The molecule has 0 aliphatic rings. The van der Waals surface area contributed by atoms with E-state index < -0.39 is 6.04 Å². The molecule has 3 aromatic carbocycles. The standard InChI is InChI=1S/C31H37ClN2O3/c1-5-23(4)33-31(36)28(19-24-11-7-6-8-12-24)34(20-25-15-17-26(32)18-16-25)30(35)21-37-29-14-10-9-13-27(29)22(2)3/h6-18,22-23,28H,5,19-21H2,1-4H3,(H,33,36)/t23-,28-/m0/s1. The number of amides is 2. The molecule has 0 unspecified atom stereocenters. The van der Waals surface area contributed by atoms with Crippen molar-refractivity contribution >= 4 is 23.4 Å². The molecule has 0 aliphatic carbocycles. The van der Waals surface area contributed by atoms with Gasteiger partial charge in [-0.2, -0.15) is 0 Å². The molecule has 2 atom stereocenters. The number of hydrogen-bond donors (Lipinski definition) is 1. The molecule has 196 valence electrons. The Bertz CT molecular complexity index is 1150. The van der Waals surface area contributed by atoms with Crippen molar-refractivity contribution in [3.63, 3.8) is 0 Å². The van der Waals surface area contributed by atoms with Crippen LogP contribution in [-0.4, -0.2) is 35.4 Å². The fourth-order valence-electron chi connectivity index (χ4n) is 4.09. The summed E-state index contributed by atoms with van der Waals surface area (Å²) in [4.78, 5) is 28.9. The Balaban J connectivity index is 1.93. The molecular weight excluding hydrogens is 484 g/mol. The predicted octanol–water partition coefficient (Wildman–Crippen LogP) is 6.40. The number of nitrogens with one attached hydrogen (secondary N) is 1. The molecule has 5 nitrogen and oxygen atoms in total. The third kappa shape index (κ3) is 8.36. The van der Waals surface area contributed by atoms with Crippen molar-refractivity contribution in [2.75, 3.05) is 6.61 Å². The number of para-hydroxylation sites is 1. The van der Waals surface area contributed by atoms with Gasteiger partial charge in [-0.15, -0.1) is 0 Å². The molecule has 0 saturated heterocycles. The highest BCUT2D eigenvalue weighted by molar-refractivity contribution is 6.30. The lowest BCUT2D eigenvalue weighted by molar-refractivity contribution is -0.143. The van der Waals surface area contributed by atoms with Gasteiger partial charge in [-0.05, 0) is 54.2 Å². The first-order chi connectivity index (χ1) is 17.8. The predicted molar refractivity (Wildman–Crippen MR) is 150 cm³/mol. The summed E-state index contributed by atoms with van der Waals surface area (Å²) in [6.07, 6.45) is 1.19. The zero-order valence-corrected chi connectivity index (χ0v) is 22.9. The van der Waals surface area contributed by atoms with Crippen molar-refractivity contribution in [3.8, 4) is 5.75 Å². The number of carbonyl (C=O) groups is 2. The lowest BCUT2D eigenvalue weighted by atomic mass is 10.0. The maximum absolute atomic E-state index is 13.8. The van der Waals surface area contributed by atoms with E-state index in [1.165, 1.54) is 0 Å². The van der Waals surface area contributed by atoms with Crippen molar-refractivity contribution in [3.05, 3.63) is 101 Å². The molecule has 0 bridgehead atoms. The van der Waals surface area contributed by atoms with Crippen LogP contribution in [0.4, 0.5) is 0 Å². The third-order valence-electron chi connectivity index (χ3n) is 6.43. The molecule has 3 rings (SSSR count). The Labute approximate surface area is 225 Å². The Morgan fingerprint density at radius 1 is 0.892 bits per heavy atom. The molecule has 0 aliphatic heterocycles. The van der Waals surface area contributed by atoms with Crippen LogP contribution >= 0.6 is 11.6 Å². The maximum Gasteiger partial charge on any atom is 0.261 e. The van der Waals surface area contributed by atoms with Gasteiger partial charge in [-0.1, -0.05) is 93.0 Å². The molecule has 2 amide bonds. The third-order valence-corrected chi connectivity index (χ3v) is 6.68. The van der Waals surface area contributed by atoms with Gasteiger partial charge in [0.05, 0.1) is 0 Å². The first-order valence-corrected chi connectivity index (χ1v) is 13.3. The van der Waals surface area contributed by atoms with Crippen LogP contribution in [0.15, 0.2) is 78.9 Å². The number of carbonyl (C=O) groups excluding carboxylic acids is 2. The number of halogens is 1. The second kappa shape index (κ2) is 13.8. The smallest absolute Gasteiger partial charge is 0.261 e. The van der Waals surface area contributed by atoms with Crippen LogP contribution in [0.3, 0.4) is 0 Å². The molecular formula is C31H37ClN2O3. The van der Waals surface area contributed by atoms with Crippen molar-refractivity contribution in [2.45, 2.75) is 65.1 Å². The molecule has 0 aromatic heterocycles. The Morgan fingerprint density at radius 3 is 2.19 bits per heavy atom. The highest BCUT2D eigenvalue weighted by atomic mass is 35.5. The summed E-state index contributed by atoms with van der Waals surface area (Å²) in [5.74, 6) is 0.501. The van der Waals surface area contributed by atoms with E-state index in [-0.39, 0.29) is 36.9 Å². The van der Waals surface area contributed by atoms with Gasteiger partial charge in [0.25, 0.3) is 5.91 Å². The van der Waals surface area contributed by atoms with Gasteiger partial charge in [-0.3, -0.25) is 9.59 Å². The van der Waals surface area contributed by atoms with E-state index in [9.17, 15) is 9.59 Å². The summed E-state index contributed by atoms with van der Waals surface area (Å²) >= 11 is 6.10. The summed E-state index contributed by atoms with van der Waals surface area (Å²) in [5, 5.41) is 3.70. The van der Waals surface area contributed by atoms with Crippen LogP contribution in [0.5, 0.6) is 5.75 Å². The van der Waals surface area contributed by atoms with Crippen LogP contribution in [-0.2, 0) is 22.6 Å². The van der Waals surface area contributed by atoms with Crippen LogP contribution in [0.25, 0.3) is 0 Å². The highest BCUT2D eigenvalue weighted by Crippen LogP contribution is 2.26. The van der Waals surface area contributed by atoms with Gasteiger partial charge in [0.2, 0.25) is 5.91 Å². The topological polar surface area (TPSA) is 58.6 Å². The number of rotatable bonds is 12. The van der Waals surface area contributed by atoms with E-state index in [1.54, 1.807) is 17.0 Å². The molecule has 6 heteroatoms. The van der Waals surface area contributed by atoms with Gasteiger partial charge in [0.15, 0.2) is 6.61 Å². The van der Waals surface area contributed by atoms with Crippen molar-refractivity contribution < 1.29 is 14.3 Å². The van der Waals surface area contributed by atoms with Crippen LogP contribution in [0.2, 0.25) is 5.02 Å². The SMILES string of the molecule is CC[C@H](C)NC(=O)[C@H](Cc1ccccc1)N(Cc1ccc(Cl)cc1)C(=O)COc1ccccc1C(C)C. The lowest BCUT2D eigenvalue weighted by Gasteiger charge is -2.32. The lowest BCUT2D eigenvalue weighted by Crippen LogP contribution is -2.53. The van der Waals surface area contributed by atoms with Crippen LogP contribution < -0.4 is 10.1 Å². The summed E-state index contributed by atoms with van der Waals surface area (Å²) in [6.45, 7) is 8.26. The summed E-state index contributed by atoms with van der Waals surface area (Å²) in [6, 6.07) is 24.1. The maximum atomic E-state index is 13.8. The summed E-state index contributed by atoms with van der Waals surface area (Å²) < 4.78 is 6.04. The summed E-state index contributed by atoms with van der Waals surface area (Å²) in [5.41, 5.74) is 2.90. The first-order valence-electron chi connectivity index (χ1n) is 12.9. The number of benzene rings is 3. The Morgan fingerprint density at radius 2 is 1.54 bits per heavy atom. The Hall–Kier alpha value is -3.31. The van der Waals surface area contributed by atoms with Gasteiger partial charge in [-0.25, -0.2) is 0 Å². The van der Waals surface area contributed by atoms with E-state index in [2.05, 4.69) is 19.2 Å². The molecule has 1 N–H and O–H groups in total. The van der Waals surface area contributed by atoms with E-state index in [0.29, 0.717) is 17.2 Å². The molecule has 0 radical (unpaired) electrons. The number of nitrogens with zero attached hydrogens (tertiary/aromatic N) is 1. The van der Waals surface area contributed by atoms with Crippen LogP contribution in [0.1, 0.15) is 56.7 Å². The van der Waals surface area contributed by atoms with Crippen LogP contribution in [0, 0.1) is 0 Å². The minimum atomic E-state index is -0.705. The van der Waals surface area contributed by atoms with Gasteiger partial charge in [0, 0.05) is 24.0 Å². The highest BCUT2D eigenvalue weighted by Gasteiger charge is 2.31. The fraction of sp³-hybridized carbons (Fsp3) is 0.355. The van der Waals surface area contributed by atoms with Gasteiger partial charge < -0.3 is 15.0 Å².